The molecule has 5 heteroatoms. The van der Waals surface area contributed by atoms with Crippen LogP contribution >= 0.6 is 0 Å². The average molecular weight is 225 g/mol. The quantitative estimate of drug-likeness (QED) is 0.765. The second-order valence-electron chi connectivity index (χ2n) is 3.79. The van der Waals surface area contributed by atoms with E-state index in [-0.39, 0.29) is 12.6 Å². The van der Waals surface area contributed by atoms with Gasteiger partial charge in [-0.25, -0.2) is 4.98 Å². The van der Waals surface area contributed by atoms with Gasteiger partial charge in [-0.2, -0.15) is 4.98 Å². The summed E-state index contributed by atoms with van der Waals surface area (Å²) >= 11 is 0. The first-order chi connectivity index (χ1) is 7.65. The van der Waals surface area contributed by atoms with E-state index in [0.29, 0.717) is 11.8 Å². The molecule has 90 valence electrons. The second-order valence-corrected chi connectivity index (χ2v) is 3.79. The third kappa shape index (κ3) is 4.02. The fourth-order valence-corrected chi connectivity index (χ4v) is 1.40. The van der Waals surface area contributed by atoms with Gasteiger partial charge in [0.2, 0.25) is 11.8 Å². The summed E-state index contributed by atoms with van der Waals surface area (Å²) in [7, 11) is 1.58. The lowest BCUT2D eigenvalue weighted by molar-refractivity contribution is 0.282. The first kappa shape index (κ1) is 12.7. The molecule has 1 aromatic heterocycles. The molecule has 0 saturated heterocycles. The van der Waals surface area contributed by atoms with Crippen LogP contribution in [0, 0.1) is 6.92 Å². The average Bonchev–Trinajstić information content (AvgIpc) is 2.25. The van der Waals surface area contributed by atoms with Gasteiger partial charge >= 0.3 is 0 Å². The molecule has 1 rings (SSSR count). The van der Waals surface area contributed by atoms with Crippen LogP contribution in [0.25, 0.3) is 0 Å². The number of rotatable bonds is 6. The fraction of sp³-hybridized carbons (Fsp3) is 0.636. The van der Waals surface area contributed by atoms with Crippen LogP contribution in [0.5, 0.6) is 5.88 Å². The number of aryl methyl sites for hydroxylation is 1. The van der Waals surface area contributed by atoms with Gasteiger partial charge in [0.1, 0.15) is 0 Å². The zero-order valence-electron chi connectivity index (χ0n) is 10.0. The van der Waals surface area contributed by atoms with Crippen molar-refractivity contribution in [3.63, 3.8) is 0 Å². The molecule has 2 N–H and O–H groups in total. The van der Waals surface area contributed by atoms with Crippen molar-refractivity contribution in [1.29, 1.82) is 0 Å². The standard InChI is InChI=1S/C11H19N3O2/c1-8(5-4-6-15)12-11-13-9(2)7-10(14-11)16-3/h7-8,15H,4-6H2,1-3H3,(H,12,13,14). The van der Waals surface area contributed by atoms with Gasteiger partial charge in [-0.05, 0) is 26.7 Å². The summed E-state index contributed by atoms with van der Waals surface area (Å²) in [5, 5.41) is 11.9. The Labute approximate surface area is 95.9 Å². The molecule has 0 fully saturated rings. The van der Waals surface area contributed by atoms with E-state index in [1.165, 1.54) is 0 Å². The molecule has 16 heavy (non-hydrogen) atoms. The lowest BCUT2D eigenvalue weighted by Crippen LogP contribution is -2.17. The number of aromatic nitrogens is 2. The van der Waals surface area contributed by atoms with Gasteiger partial charge in [0.15, 0.2) is 0 Å². The zero-order chi connectivity index (χ0) is 12.0. The number of hydrogen-bond acceptors (Lipinski definition) is 5. The molecule has 0 saturated carbocycles. The van der Waals surface area contributed by atoms with Crippen molar-refractivity contribution >= 4 is 5.95 Å². The predicted molar refractivity (Wildman–Crippen MR) is 62.7 cm³/mol. The Balaban J connectivity index is 2.61. The molecule has 0 bridgehead atoms. The Hall–Kier alpha value is -1.36. The van der Waals surface area contributed by atoms with Crippen LogP contribution in [0.15, 0.2) is 6.07 Å². The number of nitrogens with one attached hydrogen (secondary N) is 1. The highest BCUT2D eigenvalue weighted by atomic mass is 16.5. The number of aliphatic hydroxyl groups excluding tert-OH is 1. The molecule has 0 spiro atoms. The summed E-state index contributed by atoms with van der Waals surface area (Å²) in [6, 6.07) is 2.02. The minimum atomic E-state index is 0.212. The lowest BCUT2D eigenvalue weighted by Gasteiger charge is -2.13. The third-order valence-electron chi connectivity index (χ3n) is 2.21. The SMILES string of the molecule is COc1cc(C)nc(NC(C)CCCO)n1. The molecular weight excluding hydrogens is 206 g/mol. The number of aliphatic hydroxyl groups is 1. The fourth-order valence-electron chi connectivity index (χ4n) is 1.40. The topological polar surface area (TPSA) is 67.3 Å². The van der Waals surface area contributed by atoms with Crippen LogP contribution in [0.1, 0.15) is 25.5 Å². The van der Waals surface area contributed by atoms with Crippen LogP contribution in [0.4, 0.5) is 5.95 Å². The Morgan fingerprint density at radius 1 is 1.50 bits per heavy atom. The molecule has 0 aliphatic carbocycles. The summed E-state index contributed by atoms with van der Waals surface area (Å²) in [5.41, 5.74) is 0.865. The smallest absolute Gasteiger partial charge is 0.226 e. The number of hydrogen-bond donors (Lipinski definition) is 2. The second kappa shape index (κ2) is 6.27. The Morgan fingerprint density at radius 3 is 2.88 bits per heavy atom. The maximum atomic E-state index is 8.73. The molecule has 0 aromatic carbocycles. The monoisotopic (exact) mass is 225 g/mol. The van der Waals surface area contributed by atoms with Gasteiger partial charge < -0.3 is 15.2 Å². The first-order valence-electron chi connectivity index (χ1n) is 5.42. The van der Waals surface area contributed by atoms with Gasteiger partial charge in [0.05, 0.1) is 7.11 Å². The molecule has 1 atom stereocenters. The number of anilines is 1. The Morgan fingerprint density at radius 2 is 2.25 bits per heavy atom. The van der Waals surface area contributed by atoms with Crippen molar-refractivity contribution < 1.29 is 9.84 Å². The maximum absolute atomic E-state index is 8.73. The van der Waals surface area contributed by atoms with E-state index in [4.69, 9.17) is 9.84 Å². The van der Waals surface area contributed by atoms with Crippen molar-refractivity contribution in [1.82, 2.24) is 9.97 Å². The minimum absolute atomic E-state index is 0.212. The molecule has 1 aromatic rings. The maximum Gasteiger partial charge on any atom is 0.226 e. The van der Waals surface area contributed by atoms with Crippen LogP contribution in [0.3, 0.4) is 0 Å². The van der Waals surface area contributed by atoms with Crippen LogP contribution in [-0.2, 0) is 0 Å². The Kier molecular flexibility index (Phi) is 4.98. The number of ether oxygens (including phenoxy) is 1. The molecule has 5 nitrogen and oxygen atoms in total. The molecule has 0 aliphatic heterocycles. The molecule has 0 aliphatic rings. The summed E-state index contributed by atoms with van der Waals surface area (Å²) in [4.78, 5) is 8.46. The number of nitrogens with zero attached hydrogens (tertiary/aromatic N) is 2. The first-order valence-corrected chi connectivity index (χ1v) is 5.42. The van der Waals surface area contributed by atoms with Crippen molar-refractivity contribution in [2.75, 3.05) is 19.0 Å². The van der Waals surface area contributed by atoms with E-state index in [2.05, 4.69) is 15.3 Å². The van der Waals surface area contributed by atoms with Gasteiger partial charge in [0.25, 0.3) is 0 Å². The Bertz CT molecular complexity index is 331. The van der Waals surface area contributed by atoms with Crippen LogP contribution < -0.4 is 10.1 Å². The molecule has 0 amide bonds. The molecule has 1 heterocycles. The van der Waals surface area contributed by atoms with E-state index in [1.54, 1.807) is 13.2 Å². The normalized spacial score (nSPS) is 12.2. The highest BCUT2D eigenvalue weighted by Gasteiger charge is 2.06. The van der Waals surface area contributed by atoms with Crippen molar-refractivity contribution in [3.8, 4) is 5.88 Å². The van der Waals surface area contributed by atoms with E-state index >= 15 is 0 Å². The zero-order valence-corrected chi connectivity index (χ0v) is 10.0. The third-order valence-corrected chi connectivity index (χ3v) is 2.21. The van der Waals surface area contributed by atoms with Crippen LogP contribution in [-0.4, -0.2) is 34.8 Å². The van der Waals surface area contributed by atoms with Gasteiger partial charge in [-0.1, -0.05) is 0 Å². The van der Waals surface area contributed by atoms with Crippen molar-refractivity contribution in [3.05, 3.63) is 11.8 Å². The van der Waals surface area contributed by atoms with Gasteiger partial charge in [-0.3, -0.25) is 0 Å². The summed E-state index contributed by atoms with van der Waals surface area (Å²) in [5.74, 6) is 1.13. The molecular formula is C11H19N3O2. The molecule has 0 radical (unpaired) electrons. The summed E-state index contributed by atoms with van der Waals surface area (Å²) in [6.45, 7) is 4.14. The van der Waals surface area contributed by atoms with Crippen molar-refractivity contribution in [2.24, 2.45) is 0 Å². The summed E-state index contributed by atoms with van der Waals surface area (Å²) < 4.78 is 5.07. The van der Waals surface area contributed by atoms with Gasteiger partial charge in [-0.15, -0.1) is 0 Å². The lowest BCUT2D eigenvalue weighted by atomic mass is 10.2. The van der Waals surface area contributed by atoms with E-state index in [0.717, 1.165) is 18.5 Å². The molecule has 1 unspecified atom stereocenters. The predicted octanol–water partition coefficient (Wildman–Crippen LogP) is 1.37. The highest BCUT2D eigenvalue weighted by Crippen LogP contribution is 2.12. The summed E-state index contributed by atoms with van der Waals surface area (Å²) in [6.07, 6.45) is 1.66. The van der Waals surface area contributed by atoms with Crippen LogP contribution in [0.2, 0.25) is 0 Å². The van der Waals surface area contributed by atoms with Crippen molar-refractivity contribution in [2.45, 2.75) is 32.7 Å². The van der Waals surface area contributed by atoms with E-state index in [1.807, 2.05) is 13.8 Å². The largest absolute Gasteiger partial charge is 0.481 e. The van der Waals surface area contributed by atoms with Gasteiger partial charge in [0, 0.05) is 24.4 Å². The van der Waals surface area contributed by atoms with E-state index in [9.17, 15) is 0 Å². The number of methoxy groups -OCH3 is 1. The van der Waals surface area contributed by atoms with E-state index < -0.39 is 0 Å². The minimum Gasteiger partial charge on any atom is -0.481 e. The highest BCUT2D eigenvalue weighted by molar-refractivity contribution is 5.31.